The van der Waals surface area contributed by atoms with E-state index in [4.69, 9.17) is 0 Å². The molecule has 0 bridgehead atoms. The first-order chi connectivity index (χ1) is 5.24. The molecule has 1 rings (SSSR count). The minimum Gasteiger partial charge on any atom is -0.460 e. The predicted octanol–water partition coefficient (Wildman–Crippen LogP) is 1.77. The Hall–Kier alpha value is -0.550. The standard InChI is InChI=1S/C6H7BrN2O2.ClH/c1-2-11-6(10)5-8-3-4(7)9-5;/h3H,2H2,1H3,(H,8,9);1H. The molecule has 4 nitrogen and oxygen atoms in total. The zero-order chi connectivity index (χ0) is 8.27. The number of halogens is 2. The lowest BCUT2D eigenvalue weighted by atomic mass is 10.6. The number of aromatic nitrogens is 2. The fourth-order valence-corrected chi connectivity index (χ4v) is 0.892. The number of ether oxygens (including phenoxy) is 1. The first-order valence-corrected chi connectivity index (χ1v) is 3.91. The maximum absolute atomic E-state index is 10.9. The second kappa shape index (κ2) is 5.16. The molecule has 0 aliphatic heterocycles. The molecule has 6 heteroatoms. The van der Waals surface area contributed by atoms with Crippen molar-refractivity contribution in [1.82, 2.24) is 9.97 Å². The Morgan fingerprint density at radius 2 is 2.50 bits per heavy atom. The van der Waals surface area contributed by atoms with Crippen LogP contribution < -0.4 is 0 Å². The Morgan fingerprint density at radius 1 is 1.83 bits per heavy atom. The fraction of sp³-hybridized carbons (Fsp3) is 0.333. The van der Waals surface area contributed by atoms with E-state index in [0.29, 0.717) is 11.2 Å². The van der Waals surface area contributed by atoms with Gasteiger partial charge in [0.2, 0.25) is 5.82 Å². The zero-order valence-electron chi connectivity index (χ0n) is 6.33. The SMILES string of the molecule is CCOC(=O)c1ncc(Br)[nH]1.Cl. The molecule has 0 radical (unpaired) electrons. The molecule has 0 saturated carbocycles. The lowest BCUT2D eigenvalue weighted by Crippen LogP contribution is -2.06. The van der Waals surface area contributed by atoms with Crippen LogP contribution in [0.2, 0.25) is 0 Å². The van der Waals surface area contributed by atoms with Crippen LogP contribution in [0.1, 0.15) is 17.5 Å². The number of H-pyrrole nitrogens is 1. The van der Waals surface area contributed by atoms with Crippen LogP contribution in [0.5, 0.6) is 0 Å². The molecule has 0 aromatic carbocycles. The van der Waals surface area contributed by atoms with Crippen LogP contribution in [0, 0.1) is 0 Å². The second-order valence-corrected chi connectivity index (χ2v) is 2.65. The number of esters is 1. The molecule has 1 aromatic heterocycles. The molecular formula is C6H8BrClN2O2. The van der Waals surface area contributed by atoms with Gasteiger partial charge in [-0.2, -0.15) is 0 Å². The highest BCUT2D eigenvalue weighted by Crippen LogP contribution is 2.05. The fourth-order valence-electron chi connectivity index (χ4n) is 0.602. The molecule has 0 aliphatic carbocycles. The van der Waals surface area contributed by atoms with E-state index < -0.39 is 5.97 Å². The number of aromatic amines is 1. The van der Waals surface area contributed by atoms with E-state index in [1.165, 1.54) is 6.20 Å². The highest BCUT2D eigenvalue weighted by molar-refractivity contribution is 9.10. The van der Waals surface area contributed by atoms with Crippen molar-refractivity contribution < 1.29 is 9.53 Å². The van der Waals surface area contributed by atoms with Crippen LogP contribution in [-0.2, 0) is 4.74 Å². The molecule has 0 spiro atoms. The van der Waals surface area contributed by atoms with Gasteiger partial charge in [-0.3, -0.25) is 0 Å². The minimum absolute atomic E-state index is 0. The molecule has 0 fully saturated rings. The van der Waals surface area contributed by atoms with Crippen molar-refractivity contribution in [3.63, 3.8) is 0 Å². The normalized spacial score (nSPS) is 8.83. The largest absolute Gasteiger partial charge is 0.460 e. The second-order valence-electron chi connectivity index (χ2n) is 1.80. The Bertz CT molecular complexity index is 264. The van der Waals surface area contributed by atoms with Crippen LogP contribution in [0.3, 0.4) is 0 Å². The van der Waals surface area contributed by atoms with Gasteiger partial charge in [-0.25, -0.2) is 9.78 Å². The summed E-state index contributed by atoms with van der Waals surface area (Å²) < 4.78 is 5.35. The molecule has 0 saturated heterocycles. The first-order valence-electron chi connectivity index (χ1n) is 3.11. The summed E-state index contributed by atoms with van der Waals surface area (Å²) in [4.78, 5) is 17.4. The van der Waals surface area contributed by atoms with Crippen LogP contribution >= 0.6 is 28.3 Å². The van der Waals surface area contributed by atoms with Crippen LogP contribution in [0.4, 0.5) is 0 Å². The van der Waals surface area contributed by atoms with E-state index in [9.17, 15) is 4.79 Å². The number of imidazole rings is 1. The van der Waals surface area contributed by atoms with Crippen molar-refractivity contribution in [1.29, 1.82) is 0 Å². The average molecular weight is 255 g/mol. The smallest absolute Gasteiger partial charge is 0.374 e. The van der Waals surface area contributed by atoms with Gasteiger partial charge in [0.25, 0.3) is 0 Å². The summed E-state index contributed by atoms with van der Waals surface area (Å²) in [6.07, 6.45) is 1.51. The molecular weight excluding hydrogens is 247 g/mol. The highest BCUT2D eigenvalue weighted by atomic mass is 79.9. The van der Waals surface area contributed by atoms with Gasteiger partial charge in [0.1, 0.15) is 4.60 Å². The number of hydrogen-bond acceptors (Lipinski definition) is 3. The summed E-state index contributed by atoms with van der Waals surface area (Å²) in [7, 11) is 0. The minimum atomic E-state index is -0.432. The lowest BCUT2D eigenvalue weighted by Gasteiger charge is -1.95. The molecule has 0 amide bonds. The quantitative estimate of drug-likeness (QED) is 0.820. The number of nitrogens with zero attached hydrogens (tertiary/aromatic N) is 1. The topological polar surface area (TPSA) is 55.0 Å². The maximum atomic E-state index is 10.9. The van der Waals surface area contributed by atoms with Gasteiger partial charge in [-0.1, -0.05) is 0 Å². The van der Waals surface area contributed by atoms with E-state index in [2.05, 4.69) is 30.6 Å². The Kier molecular flexibility index (Phi) is 4.92. The number of hydrogen-bond donors (Lipinski definition) is 1. The third-order valence-corrected chi connectivity index (χ3v) is 1.42. The van der Waals surface area contributed by atoms with E-state index in [-0.39, 0.29) is 18.2 Å². The Balaban J connectivity index is 0.00000121. The number of carbonyl (C=O) groups excluding carboxylic acids is 1. The summed E-state index contributed by atoms with van der Waals surface area (Å²) in [6, 6.07) is 0. The molecule has 1 aromatic rings. The van der Waals surface area contributed by atoms with E-state index in [1.54, 1.807) is 6.92 Å². The van der Waals surface area contributed by atoms with Crippen molar-refractivity contribution in [2.75, 3.05) is 6.61 Å². The Labute approximate surface area is 84.3 Å². The molecule has 0 unspecified atom stereocenters. The van der Waals surface area contributed by atoms with E-state index in [1.807, 2.05) is 0 Å². The Morgan fingerprint density at radius 3 is 2.92 bits per heavy atom. The zero-order valence-corrected chi connectivity index (χ0v) is 8.74. The summed E-state index contributed by atoms with van der Waals surface area (Å²) >= 11 is 3.13. The van der Waals surface area contributed by atoms with Gasteiger partial charge in [-0.15, -0.1) is 12.4 Å². The summed E-state index contributed by atoms with van der Waals surface area (Å²) in [5, 5.41) is 0. The van der Waals surface area contributed by atoms with Gasteiger partial charge >= 0.3 is 5.97 Å². The summed E-state index contributed by atoms with van der Waals surface area (Å²) in [5.41, 5.74) is 0. The molecule has 1 N–H and O–H groups in total. The third kappa shape index (κ3) is 2.83. The van der Waals surface area contributed by atoms with E-state index >= 15 is 0 Å². The molecule has 0 atom stereocenters. The van der Waals surface area contributed by atoms with Crippen molar-refractivity contribution in [2.24, 2.45) is 0 Å². The third-order valence-electron chi connectivity index (χ3n) is 1.01. The summed E-state index contributed by atoms with van der Waals surface area (Å²) in [6.45, 7) is 2.10. The maximum Gasteiger partial charge on any atom is 0.374 e. The van der Waals surface area contributed by atoms with Gasteiger partial charge in [-0.05, 0) is 22.9 Å². The number of nitrogens with one attached hydrogen (secondary N) is 1. The van der Waals surface area contributed by atoms with Crippen molar-refractivity contribution >= 4 is 34.3 Å². The van der Waals surface area contributed by atoms with Crippen LogP contribution in [-0.4, -0.2) is 22.5 Å². The van der Waals surface area contributed by atoms with Crippen molar-refractivity contribution in [3.05, 3.63) is 16.6 Å². The van der Waals surface area contributed by atoms with Crippen LogP contribution in [0.25, 0.3) is 0 Å². The number of carbonyl (C=O) groups is 1. The van der Waals surface area contributed by atoms with Gasteiger partial charge in [0.15, 0.2) is 0 Å². The molecule has 1 heterocycles. The molecule has 12 heavy (non-hydrogen) atoms. The number of rotatable bonds is 2. The van der Waals surface area contributed by atoms with Crippen LogP contribution in [0.15, 0.2) is 10.8 Å². The van der Waals surface area contributed by atoms with Crippen molar-refractivity contribution in [3.8, 4) is 0 Å². The highest BCUT2D eigenvalue weighted by Gasteiger charge is 2.08. The van der Waals surface area contributed by atoms with Gasteiger partial charge in [0, 0.05) is 0 Å². The van der Waals surface area contributed by atoms with Gasteiger partial charge in [0.05, 0.1) is 12.8 Å². The first kappa shape index (κ1) is 11.4. The van der Waals surface area contributed by atoms with Gasteiger partial charge < -0.3 is 9.72 Å². The molecule has 68 valence electrons. The van der Waals surface area contributed by atoms with E-state index in [0.717, 1.165) is 0 Å². The van der Waals surface area contributed by atoms with Crippen molar-refractivity contribution in [2.45, 2.75) is 6.92 Å². The predicted molar refractivity (Wildman–Crippen MR) is 49.5 cm³/mol. The lowest BCUT2D eigenvalue weighted by molar-refractivity contribution is 0.0513. The summed E-state index contributed by atoms with van der Waals surface area (Å²) in [5.74, 6) is -0.211. The average Bonchev–Trinajstić information content (AvgIpc) is 2.36. The monoisotopic (exact) mass is 254 g/mol. The molecule has 0 aliphatic rings.